The van der Waals surface area contributed by atoms with Gasteiger partial charge in [0.15, 0.2) is 0 Å². The van der Waals surface area contributed by atoms with Gasteiger partial charge in [-0.05, 0) is 80.5 Å². The lowest BCUT2D eigenvalue weighted by Crippen LogP contribution is -2.51. The first-order chi connectivity index (χ1) is 12.8. The van der Waals surface area contributed by atoms with Gasteiger partial charge in [-0.25, -0.2) is 0 Å². The lowest BCUT2D eigenvalue weighted by atomic mass is 9.47. The van der Waals surface area contributed by atoms with Crippen LogP contribution in [0.5, 0.6) is 0 Å². The van der Waals surface area contributed by atoms with Crippen molar-refractivity contribution >= 4 is 11.7 Å². The minimum Gasteiger partial charge on any atom is -0.462 e. The van der Waals surface area contributed by atoms with Crippen LogP contribution in [0.1, 0.15) is 79.1 Å². The molecule has 7 atom stereocenters. The summed E-state index contributed by atoms with van der Waals surface area (Å²) in [6.07, 6.45) is 11.8. The van der Waals surface area contributed by atoms with Gasteiger partial charge in [0, 0.05) is 19.3 Å². The summed E-state index contributed by atoms with van der Waals surface area (Å²) in [5.74, 6) is 2.52. The fourth-order valence-corrected chi connectivity index (χ4v) is 7.72. The predicted octanol–water partition coefficient (Wildman–Crippen LogP) is 5.35. The molecule has 4 aliphatic rings. The van der Waals surface area contributed by atoms with Crippen molar-refractivity contribution in [2.75, 3.05) is 0 Å². The third-order valence-electron chi connectivity index (χ3n) is 9.05. The summed E-state index contributed by atoms with van der Waals surface area (Å²) in [5, 5.41) is 12.9. The Morgan fingerprint density at radius 3 is 2.63 bits per heavy atom. The van der Waals surface area contributed by atoms with E-state index in [-0.39, 0.29) is 22.9 Å². The summed E-state index contributed by atoms with van der Waals surface area (Å²) in [5.41, 5.74) is 3.04. The zero-order valence-electron chi connectivity index (χ0n) is 17.3. The Kier molecular flexibility index (Phi) is 4.67. The molecule has 4 rings (SSSR count). The van der Waals surface area contributed by atoms with E-state index >= 15 is 0 Å². The van der Waals surface area contributed by atoms with E-state index in [4.69, 9.17) is 4.74 Å². The standard InChI is InChI=1S/C23H35NO3/c1-14(24-26)19-7-8-20-18-6-5-16-13-17(27-15(2)25)9-11-22(16,3)21(18)10-12-23(19,20)4/h5,17-21,26H,6-13H2,1-4H3/b24-14+/t17-,18+,19+,20+,21+,22-,23+/m0/s1. The van der Waals surface area contributed by atoms with Crippen molar-refractivity contribution in [3.05, 3.63) is 11.6 Å². The van der Waals surface area contributed by atoms with Crippen LogP contribution in [0.3, 0.4) is 0 Å². The number of hydrogen-bond donors (Lipinski definition) is 1. The summed E-state index contributed by atoms with van der Waals surface area (Å²) >= 11 is 0. The number of fused-ring (bicyclic) bond motifs is 5. The molecule has 0 unspecified atom stereocenters. The number of ether oxygens (including phenoxy) is 1. The molecule has 4 aliphatic carbocycles. The molecule has 4 heteroatoms. The van der Waals surface area contributed by atoms with Crippen molar-refractivity contribution < 1.29 is 14.7 Å². The molecule has 150 valence electrons. The number of esters is 1. The van der Waals surface area contributed by atoms with E-state index in [0.717, 1.165) is 42.7 Å². The van der Waals surface area contributed by atoms with Gasteiger partial charge in [0.25, 0.3) is 0 Å². The molecule has 0 radical (unpaired) electrons. The molecular weight excluding hydrogens is 338 g/mol. The van der Waals surface area contributed by atoms with Crippen LogP contribution >= 0.6 is 0 Å². The van der Waals surface area contributed by atoms with Crippen LogP contribution in [0.4, 0.5) is 0 Å². The van der Waals surface area contributed by atoms with Crippen LogP contribution in [0.15, 0.2) is 16.8 Å². The van der Waals surface area contributed by atoms with Crippen LogP contribution in [0.2, 0.25) is 0 Å². The second-order valence-corrected chi connectivity index (χ2v) is 10.1. The van der Waals surface area contributed by atoms with Gasteiger partial charge < -0.3 is 9.94 Å². The summed E-state index contributed by atoms with van der Waals surface area (Å²) in [6, 6.07) is 0. The molecule has 0 spiro atoms. The minimum absolute atomic E-state index is 0.0755. The average Bonchev–Trinajstić information content (AvgIpc) is 2.98. The zero-order chi connectivity index (χ0) is 19.4. The van der Waals surface area contributed by atoms with Crippen molar-refractivity contribution in [3.63, 3.8) is 0 Å². The van der Waals surface area contributed by atoms with Gasteiger partial charge in [0.2, 0.25) is 0 Å². The molecule has 0 aromatic carbocycles. The van der Waals surface area contributed by atoms with Gasteiger partial charge in [-0.2, -0.15) is 0 Å². The Bertz CT molecular complexity index is 683. The van der Waals surface area contributed by atoms with Crippen LogP contribution in [0, 0.1) is 34.5 Å². The van der Waals surface area contributed by atoms with E-state index in [1.807, 2.05) is 6.92 Å². The van der Waals surface area contributed by atoms with Crippen LogP contribution in [0.25, 0.3) is 0 Å². The van der Waals surface area contributed by atoms with Crippen LogP contribution < -0.4 is 0 Å². The van der Waals surface area contributed by atoms with Crippen molar-refractivity contribution in [1.29, 1.82) is 0 Å². The molecular formula is C23H35NO3. The second kappa shape index (κ2) is 6.63. The highest BCUT2D eigenvalue weighted by Gasteiger charge is 2.59. The quantitative estimate of drug-likeness (QED) is 0.233. The summed E-state index contributed by atoms with van der Waals surface area (Å²) in [4.78, 5) is 11.4. The lowest BCUT2D eigenvalue weighted by molar-refractivity contribution is -0.148. The van der Waals surface area contributed by atoms with Gasteiger partial charge in [0.1, 0.15) is 6.10 Å². The first kappa shape index (κ1) is 19.0. The van der Waals surface area contributed by atoms with E-state index in [9.17, 15) is 10.0 Å². The van der Waals surface area contributed by atoms with E-state index in [1.54, 1.807) is 5.57 Å². The molecule has 3 fully saturated rings. The normalized spacial score (nSPS) is 46.7. The van der Waals surface area contributed by atoms with Crippen molar-refractivity contribution in [2.24, 2.45) is 39.7 Å². The van der Waals surface area contributed by atoms with Crippen LogP contribution in [-0.4, -0.2) is 23.0 Å². The molecule has 0 saturated heterocycles. The number of hydrogen-bond acceptors (Lipinski definition) is 4. The van der Waals surface area contributed by atoms with Gasteiger partial charge in [-0.1, -0.05) is 30.7 Å². The van der Waals surface area contributed by atoms with E-state index in [1.165, 1.54) is 39.0 Å². The predicted molar refractivity (Wildman–Crippen MR) is 106 cm³/mol. The third-order valence-corrected chi connectivity index (χ3v) is 9.05. The fourth-order valence-electron chi connectivity index (χ4n) is 7.72. The van der Waals surface area contributed by atoms with Crippen molar-refractivity contribution in [1.82, 2.24) is 0 Å². The lowest BCUT2D eigenvalue weighted by Gasteiger charge is -2.58. The second-order valence-electron chi connectivity index (χ2n) is 10.1. The first-order valence-corrected chi connectivity index (χ1v) is 10.8. The number of nitrogens with zero attached hydrogens (tertiary/aromatic N) is 1. The highest BCUT2D eigenvalue weighted by atomic mass is 16.5. The van der Waals surface area contributed by atoms with Gasteiger partial charge >= 0.3 is 5.97 Å². The van der Waals surface area contributed by atoms with Gasteiger partial charge in [0.05, 0.1) is 5.71 Å². The molecule has 1 N–H and O–H groups in total. The first-order valence-electron chi connectivity index (χ1n) is 10.8. The Morgan fingerprint density at radius 1 is 1.15 bits per heavy atom. The monoisotopic (exact) mass is 373 g/mol. The summed E-state index contributed by atoms with van der Waals surface area (Å²) < 4.78 is 5.54. The molecule has 0 amide bonds. The maximum atomic E-state index is 11.4. The van der Waals surface area contributed by atoms with Crippen molar-refractivity contribution in [3.8, 4) is 0 Å². The van der Waals surface area contributed by atoms with Gasteiger partial charge in [-0.15, -0.1) is 0 Å². The highest BCUT2D eigenvalue weighted by molar-refractivity contribution is 5.85. The third kappa shape index (κ3) is 2.86. The van der Waals surface area contributed by atoms with Gasteiger partial charge in [-0.3, -0.25) is 4.79 Å². The highest BCUT2D eigenvalue weighted by Crippen LogP contribution is 2.66. The molecule has 0 aromatic heterocycles. The number of carbonyl (C=O) groups is 1. The zero-order valence-corrected chi connectivity index (χ0v) is 17.3. The molecule has 27 heavy (non-hydrogen) atoms. The summed E-state index contributed by atoms with van der Waals surface area (Å²) in [6.45, 7) is 8.46. The Balaban J connectivity index is 1.58. The molecule has 4 nitrogen and oxygen atoms in total. The SMILES string of the molecule is CC(=O)O[C@H]1CC[C@@]2(C)C(=CC[C@@H]3[C@H]4CC[C@H](/C(C)=N/O)[C@@]4(C)CC[C@H]32)C1. The van der Waals surface area contributed by atoms with Crippen molar-refractivity contribution in [2.45, 2.75) is 85.2 Å². The maximum Gasteiger partial charge on any atom is 0.302 e. The topological polar surface area (TPSA) is 58.9 Å². The molecule has 0 heterocycles. The maximum absolute atomic E-state index is 11.4. The number of allylic oxidation sites excluding steroid dienone is 1. The minimum atomic E-state index is -0.149. The molecule has 3 saturated carbocycles. The smallest absolute Gasteiger partial charge is 0.302 e. The largest absolute Gasteiger partial charge is 0.462 e. The van der Waals surface area contributed by atoms with E-state index in [2.05, 4.69) is 25.1 Å². The molecule has 0 aromatic rings. The van der Waals surface area contributed by atoms with E-state index < -0.39 is 0 Å². The summed E-state index contributed by atoms with van der Waals surface area (Å²) in [7, 11) is 0. The Labute approximate surface area is 163 Å². The average molecular weight is 374 g/mol. The Morgan fingerprint density at radius 2 is 1.93 bits per heavy atom. The molecule has 0 bridgehead atoms. The fraction of sp³-hybridized carbons (Fsp3) is 0.826. The number of carbonyl (C=O) groups excluding carboxylic acids is 1. The van der Waals surface area contributed by atoms with Crippen LogP contribution in [-0.2, 0) is 9.53 Å². The number of rotatable bonds is 2. The Hall–Kier alpha value is -1.32. The van der Waals surface area contributed by atoms with E-state index in [0.29, 0.717) is 5.92 Å². The molecule has 0 aliphatic heterocycles. The number of oxime groups is 1.